The van der Waals surface area contributed by atoms with Crippen molar-refractivity contribution in [2.75, 3.05) is 32.4 Å². The standard InChI is InChI=1S/C21H33FN4OS.HI/c1-4-23-21(24-10-9-20(27)26-11-5-6-16(2)14-26)25-13-17-7-8-19(22)12-18(17)15-28-3;/h7-8,12,16H,4-6,9-11,13-15H2,1-3H3,(H2,23,24,25);1H. The second-order valence-electron chi connectivity index (χ2n) is 7.31. The van der Waals surface area contributed by atoms with Gasteiger partial charge in [0.1, 0.15) is 5.82 Å². The average molecular weight is 536 g/mol. The molecule has 2 rings (SSSR count). The van der Waals surface area contributed by atoms with Crippen molar-refractivity contribution in [3.63, 3.8) is 0 Å². The van der Waals surface area contributed by atoms with Crippen molar-refractivity contribution in [3.05, 3.63) is 35.1 Å². The van der Waals surface area contributed by atoms with Crippen molar-refractivity contribution in [1.29, 1.82) is 0 Å². The third-order valence-corrected chi connectivity index (χ3v) is 5.46. The molecule has 0 radical (unpaired) electrons. The summed E-state index contributed by atoms with van der Waals surface area (Å²) in [6.45, 7) is 7.73. The number of carbonyl (C=O) groups is 1. The van der Waals surface area contributed by atoms with Gasteiger partial charge in [0, 0.05) is 38.4 Å². The molecular weight excluding hydrogens is 502 g/mol. The van der Waals surface area contributed by atoms with Gasteiger partial charge >= 0.3 is 0 Å². The molecule has 1 aliphatic heterocycles. The van der Waals surface area contributed by atoms with E-state index in [2.05, 4.69) is 22.5 Å². The Bertz CT molecular complexity index is 674. The highest BCUT2D eigenvalue weighted by Crippen LogP contribution is 2.18. The number of hydrogen-bond donors (Lipinski definition) is 2. The van der Waals surface area contributed by atoms with Crippen LogP contribution in [0, 0.1) is 11.7 Å². The van der Waals surface area contributed by atoms with Crippen LogP contribution in [0.2, 0.25) is 0 Å². The first-order chi connectivity index (χ1) is 13.5. The van der Waals surface area contributed by atoms with Gasteiger partial charge in [-0.2, -0.15) is 11.8 Å². The Balaban J connectivity index is 0.00000420. The highest BCUT2D eigenvalue weighted by molar-refractivity contribution is 14.0. The fourth-order valence-corrected chi connectivity index (χ4v) is 3.99. The van der Waals surface area contributed by atoms with Gasteiger partial charge in [0.15, 0.2) is 5.96 Å². The maximum Gasteiger partial charge on any atom is 0.224 e. The number of guanidine groups is 1. The zero-order chi connectivity index (χ0) is 20.4. The molecule has 1 amide bonds. The molecule has 1 unspecified atom stereocenters. The molecule has 1 fully saturated rings. The average Bonchev–Trinajstić information content (AvgIpc) is 2.67. The SMILES string of the molecule is CCNC(=NCc1ccc(F)cc1CSC)NCCC(=O)N1CCCC(C)C1.I. The molecular formula is C21H34FIN4OS. The van der Waals surface area contributed by atoms with E-state index >= 15 is 0 Å². The molecule has 5 nitrogen and oxygen atoms in total. The minimum atomic E-state index is -0.215. The second-order valence-corrected chi connectivity index (χ2v) is 8.17. The van der Waals surface area contributed by atoms with Gasteiger partial charge in [-0.05, 0) is 55.2 Å². The molecule has 164 valence electrons. The number of rotatable bonds is 8. The van der Waals surface area contributed by atoms with Gasteiger partial charge in [0.05, 0.1) is 6.54 Å². The van der Waals surface area contributed by atoms with Crippen LogP contribution in [-0.2, 0) is 17.1 Å². The van der Waals surface area contributed by atoms with Gasteiger partial charge < -0.3 is 15.5 Å². The topological polar surface area (TPSA) is 56.7 Å². The van der Waals surface area contributed by atoms with Crippen LogP contribution < -0.4 is 10.6 Å². The van der Waals surface area contributed by atoms with Crippen LogP contribution in [0.1, 0.15) is 44.2 Å². The normalized spacial score (nSPS) is 16.9. The van der Waals surface area contributed by atoms with Crippen LogP contribution in [0.3, 0.4) is 0 Å². The quantitative estimate of drug-likeness (QED) is 0.300. The first-order valence-corrected chi connectivity index (χ1v) is 11.5. The molecule has 1 aliphatic rings. The smallest absolute Gasteiger partial charge is 0.224 e. The Hall–Kier alpha value is -1.03. The Morgan fingerprint density at radius 2 is 2.14 bits per heavy atom. The fourth-order valence-electron chi connectivity index (χ4n) is 3.41. The Labute approximate surface area is 195 Å². The first-order valence-electron chi connectivity index (χ1n) is 10.1. The number of amides is 1. The molecule has 1 aromatic carbocycles. The molecule has 0 saturated carbocycles. The third-order valence-electron chi connectivity index (χ3n) is 4.86. The van der Waals surface area contributed by atoms with Crippen LogP contribution in [-0.4, -0.2) is 49.2 Å². The van der Waals surface area contributed by atoms with Gasteiger partial charge in [0.2, 0.25) is 5.91 Å². The maximum absolute atomic E-state index is 13.5. The molecule has 0 aromatic heterocycles. The number of halogens is 2. The van der Waals surface area contributed by atoms with Crippen LogP contribution in [0.15, 0.2) is 23.2 Å². The van der Waals surface area contributed by atoms with Crippen molar-refractivity contribution in [1.82, 2.24) is 15.5 Å². The molecule has 29 heavy (non-hydrogen) atoms. The minimum absolute atomic E-state index is 0. The van der Waals surface area contributed by atoms with Crippen molar-refractivity contribution >= 4 is 47.6 Å². The third kappa shape index (κ3) is 9.11. The summed E-state index contributed by atoms with van der Waals surface area (Å²) in [6.07, 6.45) is 4.77. The fraction of sp³-hybridized carbons (Fsp3) is 0.619. The Morgan fingerprint density at radius 1 is 1.34 bits per heavy atom. The molecule has 1 aromatic rings. The number of benzene rings is 1. The van der Waals surface area contributed by atoms with Crippen LogP contribution in [0.4, 0.5) is 4.39 Å². The summed E-state index contributed by atoms with van der Waals surface area (Å²) in [5.74, 6) is 2.02. The lowest BCUT2D eigenvalue weighted by Crippen LogP contribution is -2.42. The van der Waals surface area contributed by atoms with Crippen LogP contribution >= 0.6 is 35.7 Å². The molecule has 8 heteroatoms. The Morgan fingerprint density at radius 3 is 2.83 bits per heavy atom. The van der Waals surface area contributed by atoms with Gasteiger partial charge in [-0.3, -0.25) is 4.79 Å². The molecule has 1 heterocycles. The molecule has 0 aliphatic carbocycles. The summed E-state index contributed by atoms with van der Waals surface area (Å²) in [6, 6.07) is 4.86. The lowest BCUT2D eigenvalue weighted by molar-refractivity contribution is -0.132. The molecule has 1 saturated heterocycles. The number of nitrogens with zero attached hydrogens (tertiary/aromatic N) is 2. The number of carbonyl (C=O) groups excluding carboxylic acids is 1. The second kappa shape index (κ2) is 14.1. The van der Waals surface area contributed by atoms with Gasteiger partial charge in [-0.15, -0.1) is 24.0 Å². The van der Waals surface area contributed by atoms with Crippen LogP contribution in [0.25, 0.3) is 0 Å². The predicted octanol–water partition coefficient (Wildman–Crippen LogP) is 4.01. The van der Waals surface area contributed by atoms with Gasteiger partial charge in [0.25, 0.3) is 0 Å². The summed E-state index contributed by atoms with van der Waals surface area (Å²) in [4.78, 5) is 19.0. The number of thioether (sulfide) groups is 1. The van der Waals surface area contributed by atoms with E-state index in [9.17, 15) is 9.18 Å². The summed E-state index contributed by atoms with van der Waals surface area (Å²) in [5, 5.41) is 6.46. The summed E-state index contributed by atoms with van der Waals surface area (Å²) >= 11 is 1.66. The van der Waals surface area contributed by atoms with Crippen molar-refractivity contribution in [2.45, 2.75) is 45.4 Å². The van der Waals surface area contributed by atoms with E-state index in [0.717, 1.165) is 42.9 Å². The number of hydrogen-bond acceptors (Lipinski definition) is 3. The van der Waals surface area contributed by atoms with Crippen molar-refractivity contribution in [3.8, 4) is 0 Å². The molecule has 2 N–H and O–H groups in total. The number of nitrogens with one attached hydrogen (secondary N) is 2. The Kier molecular flexibility index (Phi) is 12.6. The van der Waals surface area contributed by atoms with E-state index < -0.39 is 0 Å². The van der Waals surface area contributed by atoms with E-state index in [4.69, 9.17) is 0 Å². The van der Waals surface area contributed by atoms with Gasteiger partial charge in [-0.1, -0.05) is 13.0 Å². The zero-order valence-electron chi connectivity index (χ0n) is 17.7. The highest BCUT2D eigenvalue weighted by Gasteiger charge is 2.20. The maximum atomic E-state index is 13.5. The summed E-state index contributed by atoms with van der Waals surface area (Å²) < 4.78 is 13.5. The predicted molar refractivity (Wildman–Crippen MR) is 131 cm³/mol. The van der Waals surface area contributed by atoms with E-state index in [0.29, 0.717) is 31.4 Å². The van der Waals surface area contributed by atoms with E-state index in [1.807, 2.05) is 18.1 Å². The van der Waals surface area contributed by atoms with Crippen LogP contribution in [0.5, 0.6) is 0 Å². The van der Waals surface area contributed by atoms with E-state index in [1.54, 1.807) is 23.9 Å². The molecule has 0 spiro atoms. The van der Waals surface area contributed by atoms with Crippen molar-refractivity contribution < 1.29 is 9.18 Å². The largest absolute Gasteiger partial charge is 0.357 e. The van der Waals surface area contributed by atoms with Crippen molar-refractivity contribution in [2.24, 2.45) is 10.9 Å². The lowest BCUT2D eigenvalue weighted by atomic mass is 10.00. The summed E-state index contributed by atoms with van der Waals surface area (Å²) in [7, 11) is 0. The zero-order valence-corrected chi connectivity index (χ0v) is 20.8. The number of piperidine rings is 1. The molecule has 1 atom stereocenters. The number of aliphatic imine (C=N–C) groups is 1. The van der Waals surface area contributed by atoms with E-state index in [1.165, 1.54) is 12.5 Å². The van der Waals surface area contributed by atoms with E-state index in [-0.39, 0.29) is 35.7 Å². The molecule has 0 bridgehead atoms. The summed E-state index contributed by atoms with van der Waals surface area (Å²) in [5.41, 5.74) is 1.99. The minimum Gasteiger partial charge on any atom is -0.357 e. The monoisotopic (exact) mass is 536 g/mol. The highest BCUT2D eigenvalue weighted by atomic mass is 127. The first kappa shape index (κ1) is 26.0. The number of likely N-dealkylation sites (tertiary alicyclic amines) is 1. The van der Waals surface area contributed by atoms with Gasteiger partial charge in [-0.25, -0.2) is 9.38 Å². The lowest BCUT2D eigenvalue weighted by Gasteiger charge is -2.31.